The van der Waals surface area contributed by atoms with Gasteiger partial charge >= 0.3 is 5.97 Å². The number of aryl methyl sites for hydroxylation is 2. The smallest absolute Gasteiger partial charge is 0.328 e. The van der Waals surface area contributed by atoms with Crippen molar-refractivity contribution in [1.82, 2.24) is 4.57 Å². The number of rotatable bonds is 3. The van der Waals surface area contributed by atoms with Gasteiger partial charge in [0.05, 0.1) is 5.52 Å². The van der Waals surface area contributed by atoms with E-state index in [1.165, 1.54) is 17.2 Å². The number of hydrogen-bond acceptors (Lipinski definition) is 1. The first-order valence-electron chi connectivity index (χ1n) is 5.61. The standard InChI is InChI=1S/C14H15NO2/c1-3-10-5-4-6-11-9-12(7-8-13(16)17)15(2)14(10)11/h4-9H,3H2,1-2H3,(H,16,17)/b8-7+. The summed E-state index contributed by atoms with van der Waals surface area (Å²) >= 11 is 0. The average Bonchev–Trinajstić information content (AvgIpc) is 2.64. The molecule has 0 unspecified atom stereocenters. The highest BCUT2D eigenvalue weighted by Gasteiger charge is 2.06. The van der Waals surface area contributed by atoms with E-state index in [1.54, 1.807) is 6.08 Å². The molecule has 0 bridgehead atoms. The molecule has 0 aliphatic rings. The highest BCUT2D eigenvalue weighted by atomic mass is 16.4. The van der Waals surface area contributed by atoms with E-state index in [2.05, 4.69) is 13.0 Å². The second kappa shape index (κ2) is 4.45. The first kappa shape index (κ1) is 11.5. The highest BCUT2D eigenvalue weighted by Crippen LogP contribution is 2.23. The molecule has 0 saturated heterocycles. The summed E-state index contributed by atoms with van der Waals surface area (Å²) in [5, 5.41) is 9.80. The van der Waals surface area contributed by atoms with Crippen LogP contribution in [0, 0.1) is 0 Å². The Kier molecular flexibility index (Phi) is 3.00. The third-order valence-corrected chi connectivity index (χ3v) is 2.95. The number of carboxylic acid groups (broad SMARTS) is 1. The van der Waals surface area contributed by atoms with Crippen LogP contribution < -0.4 is 0 Å². The van der Waals surface area contributed by atoms with Crippen LogP contribution in [-0.4, -0.2) is 15.6 Å². The van der Waals surface area contributed by atoms with Crippen LogP contribution in [0.5, 0.6) is 0 Å². The van der Waals surface area contributed by atoms with Gasteiger partial charge in [-0.05, 0) is 24.1 Å². The summed E-state index contributed by atoms with van der Waals surface area (Å²) in [6.07, 6.45) is 3.76. The van der Waals surface area contributed by atoms with E-state index in [1.807, 2.05) is 29.8 Å². The molecular weight excluding hydrogens is 214 g/mol. The fourth-order valence-corrected chi connectivity index (χ4v) is 2.12. The minimum atomic E-state index is -0.925. The molecule has 0 atom stereocenters. The van der Waals surface area contributed by atoms with Gasteiger partial charge in [0.25, 0.3) is 0 Å². The monoisotopic (exact) mass is 229 g/mol. The third kappa shape index (κ3) is 2.09. The summed E-state index contributed by atoms with van der Waals surface area (Å²) < 4.78 is 2.04. The van der Waals surface area contributed by atoms with Crippen molar-refractivity contribution in [1.29, 1.82) is 0 Å². The van der Waals surface area contributed by atoms with Crippen molar-refractivity contribution in [2.24, 2.45) is 7.05 Å². The lowest BCUT2D eigenvalue weighted by molar-refractivity contribution is -0.131. The lowest BCUT2D eigenvalue weighted by atomic mass is 10.1. The SMILES string of the molecule is CCc1cccc2cc(/C=C/C(=O)O)n(C)c12. The topological polar surface area (TPSA) is 42.2 Å². The Morgan fingerprint density at radius 2 is 2.24 bits per heavy atom. The molecule has 1 heterocycles. The molecule has 0 amide bonds. The molecule has 17 heavy (non-hydrogen) atoms. The maximum atomic E-state index is 10.5. The van der Waals surface area contributed by atoms with Gasteiger partial charge in [0.2, 0.25) is 0 Å². The molecular formula is C14H15NO2. The Labute approximate surface area is 100.0 Å². The second-order valence-corrected chi connectivity index (χ2v) is 4.01. The summed E-state index contributed by atoms with van der Waals surface area (Å²) in [5.74, 6) is -0.925. The van der Waals surface area contributed by atoms with Crippen molar-refractivity contribution in [3.63, 3.8) is 0 Å². The van der Waals surface area contributed by atoms with Gasteiger partial charge in [-0.3, -0.25) is 0 Å². The molecule has 0 aliphatic carbocycles. The van der Waals surface area contributed by atoms with Gasteiger partial charge < -0.3 is 9.67 Å². The molecule has 2 rings (SSSR count). The van der Waals surface area contributed by atoms with Crippen LogP contribution in [-0.2, 0) is 18.3 Å². The Morgan fingerprint density at radius 1 is 1.47 bits per heavy atom. The molecule has 1 N–H and O–H groups in total. The highest BCUT2D eigenvalue weighted by molar-refractivity contribution is 5.89. The van der Waals surface area contributed by atoms with Crippen LogP contribution in [0.15, 0.2) is 30.3 Å². The molecule has 0 radical (unpaired) electrons. The van der Waals surface area contributed by atoms with Crippen molar-refractivity contribution in [3.8, 4) is 0 Å². The van der Waals surface area contributed by atoms with Gasteiger partial charge in [-0.2, -0.15) is 0 Å². The van der Waals surface area contributed by atoms with E-state index in [0.717, 1.165) is 17.5 Å². The van der Waals surface area contributed by atoms with Crippen molar-refractivity contribution < 1.29 is 9.90 Å². The Morgan fingerprint density at radius 3 is 2.88 bits per heavy atom. The number of para-hydroxylation sites is 1. The number of nitrogens with zero attached hydrogens (tertiary/aromatic N) is 1. The summed E-state index contributed by atoms with van der Waals surface area (Å²) in [4.78, 5) is 10.5. The molecule has 3 nitrogen and oxygen atoms in total. The first-order chi connectivity index (χ1) is 8.13. The van der Waals surface area contributed by atoms with E-state index < -0.39 is 5.97 Å². The second-order valence-electron chi connectivity index (χ2n) is 4.01. The van der Waals surface area contributed by atoms with Crippen LogP contribution >= 0.6 is 0 Å². The van der Waals surface area contributed by atoms with Gasteiger partial charge in [-0.25, -0.2) is 4.79 Å². The molecule has 0 spiro atoms. The molecule has 2 aromatic rings. The van der Waals surface area contributed by atoms with Gasteiger partial charge in [-0.15, -0.1) is 0 Å². The number of carbonyl (C=O) groups is 1. The van der Waals surface area contributed by atoms with E-state index in [4.69, 9.17) is 5.11 Å². The zero-order valence-corrected chi connectivity index (χ0v) is 9.97. The summed E-state index contributed by atoms with van der Waals surface area (Å²) in [6, 6.07) is 8.19. The van der Waals surface area contributed by atoms with Gasteiger partial charge in [0.1, 0.15) is 0 Å². The molecule has 1 aromatic carbocycles. The summed E-state index contributed by atoms with van der Waals surface area (Å²) in [5.41, 5.74) is 3.36. The van der Waals surface area contributed by atoms with Gasteiger partial charge in [-0.1, -0.05) is 25.1 Å². The van der Waals surface area contributed by atoms with E-state index in [-0.39, 0.29) is 0 Å². The van der Waals surface area contributed by atoms with Gasteiger partial charge in [0, 0.05) is 24.2 Å². The summed E-state index contributed by atoms with van der Waals surface area (Å²) in [7, 11) is 1.96. The van der Waals surface area contributed by atoms with Crippen molar-refractivity contribution >= 4 is 22.9 Å². The Balaban J connectivity index is 2.61. The molecule has 0 fully saturated rings. The normalized spacial score (nSPS) is 11.4. The number of aliphatic carboxylic acids is 1. The Hall–Kier alpha value is -2.03. The molecule has 3 heteroatoms. The lowest BCUT2D eigenvalue weighted by Gasteiger charge is -2.04. The largest absolute Gasteiger partial charge is 0.478 e. The van der Waals surface area contributed by atoms with Crippen LogP contribution in [0.3, 0.4) is 0 Å². The first-order valence-corrected chi connectivity index (χ1v) is 5.61. The van der Waals surface area contributed by atoms with Crippen LogP contribution in [0.2, 0.25) is 0 Å². The number of carboxylic acids is 1. The van der Waals surface area contributed by atoms with Crippen molar-refractivity contribution in [2.45, 2.75) is 13.3 Å². The molecule has 0 aliphatic heterocycles. The number of benzene rings is 1. The number of hydrogen-bond donors (Lipinski definition) is 1. The zero-order chi connectivity index (χ0) is 12.4. The average molecular weight is 229 g/mol. The molecule has 0 saturated carbocycles. The number of aromatic nitrogens is 1. The lowest BCUT2D eigenvalue weighted by Crippen LogP contribution is -1.94. The van der Waals surface area contributed by atoms with Crippen LogP contribution in [0.25, 0.3) is 17.0 Å². The number of fused-ring (bicyclic) bond motifs is 1. The third-order valence-electron chi connectivity index (χ3n) is 2.95. The van der Waals surface area contributed by atoms with Crippen molar-refractivity contribution in [2.75, 3.05) is 0 Å². The minimum Gasteiger partial charge on any atom is -0.478 e. The van der Waals surface area contributed by atoms with E-state index >= 15 is 0 Å². The summed E-state index contributed by atoms with van der Waals surface area (Å²) in [6.45, 7) is 2.12. The Bertz CT molecular complexity index is 594. The zero-order valence-electron chi connectivity index (χ0n) is 9.97. The fraction of sp³-hybridized carbons (Fsp3) is 0.214. The fourth-order valence-electron chi connectivity index (χ4n) is 2.12. The molecule has 88 valence electrons. The van der Waals surface area contributed by atoms with E-state index in [9.17, 15) is 4.79 Å². The quantitative estimate of drug-likeness (QED) is 0.822. The maximum absolute atomic E-state index is 10.5. The van der Waals surface area contributed by atoms with Crippen LogP contribution in [0.4, 0.5) is 0 Å². The predicted octanol–water partition coefficient (Wildman–Crippen LogP) is 2.84. The van der Waals surface area contributed by atoms with Crippen molar-refractivity contribution in [3.05, 3.63) is 41.6 Å². The van der Waals surface area contributed by atoms with Crippen LogP contribution in [0.1, 0.15) is 18.2 Å². The van der Waals surface area contributed by atoms with E-state index in [0.29, 0.717) is 0 Å². The minimum absolute atomic E-state index is 0.906. The predicted molar refractivity (Wildman–Crippen MR) is 69.0 cm³/mol. The van der Waals surface area contributed by atoms with Gasteiger partial charge in [0.15, 0.2) is 0 Å². The molecule has 1 aromatic heterocycles. The maximum Gasteiger partial charge on any atom is 0.328 e.